The lowest BCUT2D eigenvalue weighted by Crippen LogP contribution is -2.31. The van der Waals surface area contributed by atoms with Gasteiger partial charge >= 0.3 is 0 Å². The highest BCUT2D eigenvalue weighted by Gasteiger charge is 2.21. The maximum absolute atomic E-state index is 6.86. The van der Waals surface area contributed by atoms with E-state index in [1.165, 1.54) is 24.8 Å². The van der Waals surface area contributed by atoms with E-state index >= 15 is 0 Å². The molecule has 25 heavy (non-hydrogen) atoms. The lowest BCUT2D eigenvalue weighted by Gasteiger charge is -2.30. The summed E-state index contributed by atoms with van der Waals surface area (Å²) in [5, 5.41) is 1.74. The van der Waals surface area contributed by atoms with Gasteiger partial charge in [0, 0.05) is 36.2 Å². The molecule has 0 unspecified atom stereocenters. The predicted molar refractivity (Wildman–Crippen MR) is 105 cm³/mol. The molecule has 1 aliphatic heterocycles. The number of fused-ring (bicyclic) bond motifs is 1. The molecule has 0 saturated carbocycles. The number of hydrogen-bond acceptors (Lipinski definition) is 3. The number of rotatable bonds is 3. The molecule has 1 aromatic carbocycles. The summed E-state index contributed by atoms with van der Waals surface area (Å²) in [6, 6.07) is 14.5. The molecule has 0 aliphatic carbocycles. The Morgan fingerprint density at radius 1 is 0.960 bits per heavy atom. The van der Waals surface area contributed by atoms with Crippen molar-refractivity contribution in [3.05, 3.63) is 64.3 Å². The quantitative estimate of drug-likeness (QED) is 0.651. The van der Waals surface area contributed by atoms with Crippen LogP contribution in [0.1, 0.15) is 36.1 Å². The van der Waals surface area contributed by atoms with Crippen LogP contribution in [0, 0.1) is 6.92 Å². The summed E-state index contributed by atoms with van der Waals surface area (Å²) < 4.78 is 0. The van der Waals surface area contributed by atoms with Crippen molar-refractivity contribution in [2.75, 3.05) is 18.0 Å². The van der Waals surface area contributed by atoms with Gasteiger partial charge in [-0.15, -0.1) is 0 Å². The number of aromatic nitrogens is 2. The third kappa shape index (κ3) is 3.34. The minimum atomic E-state index is 0.752. The van der Waals surface area contributed by atoms with E-state index in [1.54, 1.807) is 0 Å². The van der Waals surface area contributed by atoms with Crippen molar-refractivity contribution in [3.63, 3.8) is 0 Å². The van der Waals surface area contributed by atoms with Crippen LogP contribution in [-0.4, -0.2) is 23.1 Å². The second kappa shape index (κ2) is 7.01. The highest BCUT2D eigenvalue weighted by Crippen LogP contribution is 2.35. The fraction of sp³-hybridized carbons (Fsp3) is 0.333. The van der Waals surface area contributed by atoms with E-state index in [9.17, 15) is 0 Å². The van der Waals surface area contributed by atoms with E-state index in [-0.39, 0.29) is 0 Å². The molecule has 0 radical (unpaired) electrons. The maximum Gasteiger partial charge on any atom is 0.163 e. The van der Waals surface area contributed by atoms with Crippen LogP contribution >= 0.6 is 11.6 Å². The van der Waals surface area contributed by atoms with Gasteiger partial charge in [0.15, 0.2) is 5.65 Å². The zero-order valence-electron chi connectivity index (χ0n) is 14.5. The average Bonchev–Trinajstić information content (AvgIpc) is 2.65. The second-order valence-electron chi connectivity index (χ2n) is 6.76. The zero-order valence-corrected chi connectivity index (χ0v) is 15.3. The van der Waals surface area contributed by atoms with Crippen LogP contribution in [0.4, 0.5) is 5.82 Å². The molecule has 1 saturated heterocycles. The fourth-order valence-electron chi connectivity index (χ4n) is 3.55. The number of piperidine rings is 1. The smallest absolute Gasteiger partial charge is 0.163 e. The van der Waals surface area contributed by atoms with Crippen molar-refractivity contribution in [3.8, 4) is 0 Å². The van der Waals surface area contributed by atoms with Crippen LogP contribution < -0.4 is 4.90 Å². The molecule has 4 heteroatoms. The SMILES string of the molecule is Cc1ccc2c(Cl)c(Cc3ccccc3)c(N3CCCCC3)nc2n1. The first-order valence-electron chi connectivity index (χ1n) is 8.97. The van der Waals surface area contributed by atoms with Crippen LogP contribution in [-0.2, 0) is 6.42 Å². The largest absolute Gasteiger partial charge is 0.356 e. The Morgan fingerprint density at radius 3 is 2.48 bits per heavy atom. The molecule has 0 N–H and O–H groups in total. The standard InChI is InChI=1S/C21H22ClN3/c1-15-10-11-17-19(22)18(14-16-8-4-2-5-9-16)21(24-20(17)23-15)25-12-6-3-7-13-25/h2,4-5,8-11H,3,6-7,12-14H2,1H3. The molecular formula is C21H22ClN3. The molecule has 3 nitrogen and oxygen atoms in total. The normalized spacial score (nSPS) is 14.9. The van der Waals surface area contributed by atoms with Crippen molar-refractivity contribution in [2.45, 2.75) is 32.6 Å². The van der Waals surface area contributed by atoms with Gasteiger partial charge in [0.25, 0.3) is 0 Å². The summed E-state index contributed by atoms with van der Waals surface area (Å²) in [5.74, 6) is 1.01. The summed E-state index contributed by atoms with van der Waals surface area (Å²) in [4.78, 5) is 12.0. The number of hydrogen-bond donors (Lipinski definition) is 0. The van der Waals surface area contributed by atoms with Crippen molar-refractivity contribution >= 4 is 28.5 Å². The van der Waals surface area contributed by atoms with Crippen LogP contribution in [0.3, 0.4) is 0 Å². The van der Waals surface area contributed by atoms with Crippen LogP contribution in [0.5, 0.6) is 0 Å². The van der Waals surface area contributed by atoms with Crippen molar-refractivity contribution in [2.24, 2.45) is 0 Å². The zero-order chi connectivity index (χ0) is 17.2. The van der Waals surface area contributed by atoms with E-state index in [0.29, 0.717) is 0 Å². The summed E-state index contributed by atoms with van der Waals surface area (Å²) in [7, 11) is 0. The number of pyridine rings is 2. The summed E-state index contributed by atoms with van der Waals surface area (Å²) in [6.45, 7) is 4.08. The van der Waals surface area contributed by atoms with Crippen molar-refractivity contribution in [1.29, 1.82) is 0 Å². The van der Waals surface area contributed by atoms with Gasteiger partial charge in [0.05, 0.1) is 5.02 Å². The fourth-order valence-corrected chi connectivity index (χ4v) is 3.85. The van der Waals surface area contributed by atoms with Gasteiger partial charge in [-0.3, -0.25) is 0 Å². The van der Waals surface area contributed by atoms with Gasteiger partial charge in [-0.1, -0.05) is 41.9 Å². The number of aryl methyl sites for hydroxylation is 1. The van der Waals surface area contributed by atoms with Crippen molar-refractivity contribution < 1.29 is 0 Å². The monoisotopic (exact) mass is 351 g/mol. The molecule has 3 heterocycles. The molecule has 0 atom stereocenters. The Bertz CT molecular complexity index is 887. The number of halogens is 1. The lowest BCUT2D eigenvalue weighted by atomic mass is 10.0. The Labute approximate surface area is 153 Å². The molecule has 0 bridgehead atoms. The van der Waals surface area contributed by atoms with Gasteiger partial charge in [-0.05, 0) is 43.9 Å². The lowest BCUT2D eigenvalue weighted by molar-refractivity contribution is 0.572. The van der Waals surface area contributed by atoms with Crippen LogP contribution in [0.25, 0.3) is 11.0 Å². The Balaban J connectivity index is 1.87. The van der Waals surface area contributed by atoms with Crippen molar-refractivity contribution in [1.82, 2.24) is 9.97 Å². The van der Waals surface area contributed by atoms with E-state index < -0.39 is 0 Å². The molecule has 128 valence electrons. The topological polar surface area (TPSA) is 29.0 Å². The molecule has 2 aromatic heterocycles. The Kier molecular flexibility index (Phi) is 4.58. The van der Waals surface area contributed by atoms with Gasteiger partial charge in [0.2, 0.25) is 0 Å². The van der Waals surface area contributed by atoms with Gasteiger partial charge < -0.3 is 4.90 Å². The highest BCUT2D eigenvalue weighted by atomic mass is 35.5. The maximum atomic E-state index is 6.86. The number of nitrogens with zero attached hydrogens (tertiary/aromatic N) is 3. The van der Waals surface area contributed by atoms with Crippen LogP contribution in [0.2, 0.25) is 5.02 Å². The highest BCUT2D eigenvalue weighted by molar-refractivity contribution is 6.36. The first-order valence-corrected chi connectivity index (χ1v) is 9.35. The molecule has 1 fully saturated rings. The predicted octanol–water partition coefficient (Wildman–Crippen LogP) is 5.17. The summed E-state index contributed by atoms with van der Waals surface area (Å²) >= 11 is 6.86. The Hall–Kier alpha value is -2.13. The van der Waals surface area contributed by atoms with Gasteiger partial charge in [-0.25, -0.2) is 9.97 Å². The summed E-state index contributed by atoms with van der Waals surface area (Å²) in [5.41, 5.74) is 4.09. The molecule has 4 rings (SSSR count). The average molecular weight is 352 g/mol. The third-order valence-corrected chi connectivity index (χ3v) is 5.31. The first-order chi connectivity index (χ1) is 12.2. The second-order valence-corrected chi connectivity index (χ2v) is 7.14. The third-order valence-electron chi connectivity index (χ3n) is 4.88. The van der Waals surface area contributed by atoms with E-state index in [1.807, 2.05) is 25.1 Å². The van der Waals surface area contributed by atoms with Crippen LogP contribution in [0.15, 0.2) is 42.5 Å². The van der Waals surface area contributed by atoms with Gasteiger partial charge in [-0.2, -0.15) is 0 Å². The number of benzene rings is 1. The molecule has 0 spiro atoms. The Morgan fingerprint density at radius 2 is 1.72 bits per heavy atom. The number of anilines is 1. The molecule has 3 aromatic rings. The van der Waals surface area contributed by atoms with E-state index in [2.05, 4.69) is 34.1 Å². The molecule has 1 aliphatic rings. The minimum absolute atomic E-state index is 0.752. The summed E-state index contributed by atoms with van der Waals surface area (Å²) in [6.07, 6.45) is 4.51. The minimum Gasteiger partial charge on any atom is -0.356 e. The first kappa shape index (κ1) is 16.3. The molecule has 0 amide bonds. The molecular weight excluding hydrogens is 330 g/mol. The van der Waals surface area contributed by atoms with E-state index in [0.717, 1.165) is 52.6 Å². The van der Waals surface area contributed by atoms with E-state index in [4.69, 9.17) is 16.6 Å². The van der Waals surface area contributed by atoms with Gasteiger partial charge in [0.1, 0.15) is 5.82 Å².